The summed E-state index contributed by atoms with van der Waals surface area (Å²) in [7, 11) is 0. The summed E-state index contributed by atoms with van der Waals surface area (Å²) in [6, 6.07) is 3.75. The average molecular weight is 375 g/mol. The van der Waals surface area contributed by atoms with E-state index in [4.69, 9.17) is 31.3 Å². The van der Waals surface area contributed by atoms with Crippen molar-refractivity contribution < 1.29 is 4.74 Å². The first-order valence-electron chi connectivity index (χ1n) is 9.26. The number of halogens is 1. The largest absolute Gasteiger partial charge is 0.378 e. The zero-order valence-corrected chi connectivity index (χ0v) is 15.5. The number of nitrogens with zero attached hydrogens (tertiary/aromatic N) is 6. The van der Waals surface area contributed by atoms with E-state index in [0.717, 1.165) is 37.7 Å². The smallest absolute Gasteiger partial charge is 0.230 e. The van der Waals surface area contributed by atoms with Gasteiger partial charge in [0, 0.05) is 32.4 Å². The Morgan fingerprint density at radius 2 is 1.50 bits per heavy atom. The number of aromatic nitrogens is 4. The first-order chi connectivity index (χ1) is 12.8. The summed E-state index contributed by atoms with van der Waals surface area (Å²) in [5, 5.41) is 0.411. The first kappa shape index (κ1) is 17.4. The van der Waals surface area contributed by atoms with E-state index in [1.165, 1.54) is 25.7 Å². The maximum Gasteiger partial charge on any atom is 0.230 e. The van der Waals surface area contributed by atoms with Crippen molar-refractivity contribution in [3.05, 3.63) is 23.5 Å². The van der Waals surface area contributed by atoms with E-state index < -0.39 is 0 Å². The zero-order valence-electron chi connectivity index (χ0n) is 14.8. The fourth-order valence-corrected chi connectivity index (χ4v) is 3.55. The van der Waals surface area contributed by atoms with Crippen LogP contribution in [0.1, 0.15) is 25.7 Å². The normalized spacial score (nSPS) is 18.7. The highest BCUT2D eigenvalue weighted by molar-refractivity contribution is 6.31. The summed E-state index contributed by atoms with van der Waals surface area (Å²) in [5.41, 5.74) is 0.738. The number of rotatable bonds is 3. The molecule has 0 aliphatic carbocycles. The van der Waals surface area contributed by atoms with Crippen molar-refractivity contribution in [3.63, 3.8) is 0 Å². The average Bonchev–Trinajstić information content (AvgIpc) is 2.98. The molecule has 2 aromatic rings. The van der Waals surface area contributed by atoms with Gasteiger partial charge in [-0.15, -0.1) is 0 Å². The summed E-state index contributed by atoms with van der Waals surface area (Å²) in [6.45, 7) is 4.90. The third-order valence-corrected chi connectivity index (χ3v) is 5.10. The molecular formula is C18H23ClN6O. The van der Waals surface area contributed by atoms with Crippen LogP contribution < -0.4 is 9.80 Å². The molecule has 0 unspecified atom stereocenters. The molecule has 2 saturated heterocycles. The minimum Gasteiger partial charge on any atom is -0.378 e. The molecule has 0 bridgehead atoms. The molecule has 7 nitrogen and oxygen atoms in total. The van der Waals surface area contributed by atoms with Gasteiger partial charge in [-0.2, -0.15) is 15.0 Å². The van der Waals surface area contributed by atoms with Crippen molar-refractivity contribution in [1.29, 1.82) is 0 Å². The molecule has 0 N–H and O–H groups in total. The number of hydrogen-bond donors (Lipinski definition) is 0. The lowest BCUT2D eigenvalue weighted by Crippen LogP contribution is -2.38. The molecule has 0 aromatic carbocycles. The Morgan fingerprint density at radius 1 is 0.846 bits per heavy atom. The Bertz CT molecular complexity index is 744. The van der Waals surface area contributed by atoms with Crippen LogP contribution in [0.25, 0.3) is 11.4 Å². The number of anilines is 2. The zero-order chi connectivity index (χ0) is 17.8. The first-order valence-corrected chi connectivity index (χ1v) is 9.64. The number of hydrogen-bond acceptors (Lipinski definition) is 7. The standard InChI is InChI=1S/C18H23ClN6O/c19-15-14(6-5-7-20-15)16-21-17(24-8-3-1-2-4-9-24)23-18(22-16)25-10-12-26-13-11-25/h5-7H,1-4,8-13H2. The number of ether oxygens (including phenoxy) is 1. The molecule has 2 aromatic heterocycles. The Labute approximate surface area is 158 Å². The van der Waals surface area contributed by atoms with Crippen LogP contribution >= 0.6 is 11.6 Å². The SMILES string of the molecule is Clc1ncccc1-c1nc(N2CCCCCC2)nc(N2CCOCC2)n1. The van der Waals surface area contributed by atoms with Gasteiger partial charge in [-0.3, -0.25) is 0 Å². The Kier molecular flexibility index (Phi) is 5.45. The monoisotopic (exact) mass is 374 g/mol. The van der Waals surface area contributed by atoms with Gasteiger partial charge in [-0.05, 0) is 25.0 Å². The summed E-state index contributed by atoms with van der Waals surface area (Å²) >= 11 is 6.30. The van der Waals surface area contributed by atoms with Gasteiger partial charge in [-0.25, -0.2) is 4.98 Å². The van der Waals surface area contributed by atoms with Crippen LogP contribution in [0.2, 0.25) is 5.15 Å². The van der Waals surface area contributed by atoms with Gasteiger partial charge in [0.1, 0.15) is 5.15 Å². The van der Waals surface area contributed by atoms with Crippen molar-refractivity contribution in [2.24, 2.45) is 0 Å². The third-order valence-electron chi connectivity index (χ3n) is 4.79. The molecule has 2 fully saturated rings. The van der Waals surface area contributed by atoms with Crippen LogP contribution in [0.3, 0.4) is 0 Å². The Balaban J connectivity index is 1.74. The third kappa shape index (κ3) is 3.88. The van der Waals surface area contributed by atoms with Gasteiger partial charge < -0.3 is 14.5 Å². The van der Waals surface area contributed by atoms with Crippen molar-refractivity contribution in [2.75, 3.05) is 49.2 Å². The summed E-state index contributed by atoms with van der Waals surface area (Å²) in [6.07, 6.45) is 6.53. The topological polar surface area (TPSA) is 67.3 Å². The molecular weight excluding hydrogens is 352 g/mol. The second-order valence-corrected chi connectivity index (χ2v) is 6.96. The Morgan fingerprint density at radius 3 is 2.15 bits per heavy atom. The lowest BCUT2D eigenvalue weighted by atomic mass is 10.2. The van der Waals surface area contributed by atoms with E-state index in [1.54, 1.807) is 6.20 Å². The maximum absolute atomic E-state index is 6.30. The van der Waals surface area contributed by atoms with Crippen molar-refractivity contribution in [3.8, 4) is 11.4 Å². The number of pyridine rings is 1. The van der Waals surface area contributed by atoms with E-state index in [0.29, 0.717) is 30.1 Å². The van der Waals surface area contributed by atoms with Crippen LogP contribution in [-0.4, -0.2) is 59.3 Å². The van der Waals surface area contributed by atoms with Gasteiger partial charge in [0.25, 0.3) is 0 Å². The van der Waals surface area contributed by atoms with Gasteiger partial charge in [0.05, 0.1) is 18.8 Å². The Hall–Kier alpha value is -1.99. The molecule has 0 atom stereocenters. The second kappa shape index (κ2) is 8.14. The van der Waals surface area contributed by atoms with Crippen molar-refractivity contribution in [1.82, 2.24) is 19.9 Å². The summed E-state index contributed by atoms with van der Waals surface area (Å²) < 4.78 is 5.46. The van der Waals surface area contributed by atoms with Crippen LogP contribution in [0.15, 0.2) is 18.3 Å². The van der Waals surface area contributed by atoms with E-state index >= 15 is 0 Å². The molecule has 0 radical (unpaired) electrons. The molecule has 0 saturated carbocycles. The van der Waals surface area contributed by atoms with Crippen LogP contribution in [0.5, 0.6) is 0 Å². The van der Waals surface area contributed by atoms with E-state index in [9.17, 15) is 0 Å². The fourth-order valence-electron chi connectivity index (χ4n) is 3.34. The highest BCUT2D eigenvalue weighted by Crippen LogP contribution is 2.27. The van der Waals surface area contributed by atoms with Crippen LogP contribution in [0.4, 0.5) is 11.9 Å². The predicted molar refractivity (Wildman–Crippen MR) is 102 cm³/mol. The van der Waals surface area contributed by atoms with E-state index in [1.807, 2.05) is 12.1 Å². The highest BCUT2D eigenvalue weighted by Gasteiger charge is 2.21. The molecule has 0 amide bonds. The van der Waals surface area contributed by atoms with Crippen molar-refractivity contribution >= 4 is 23.5 Å². The molecule has 138 valence electrons. The van der Waals surface area contributed by atoms with Gasteiger partial charge in [0.15, 0.2) is 5.82 Å². The summed E-state index contributed by atoms with van der Waals surface area (Å²) in [4.78, 5) is 22.8. The number of morpholine rings is 1. The van der Waals surface area contributed by atoms with Crippen LogP contribution in [0, 0.1) is 0 Å². The van der Waals surface area contributed by atoms with Gasteiger partial charge in [-0.1, -0.05) is 24.4 Å². The quantitative estimate of drug-likeness (QED) is 0.765. The van der Waals surface area contributed by atoms with Crippen molar-refractivity contribution in [2.45, 2.75) is 25.7 Å². The predicted octanol–water partition coefficient (Wildman–Crippen LogP) is 2.80. The fraction of sp³-hybridized carbons (Fsp3) is 0.556. The summed E-state index contributed by atoms with van der Waals surface area (Å²) in [5.74, 6) is 2.01. The van der Waals surface area contributed by atoms with Gasteiger partial charge >= 0.3 is 0 Å². The minimum absolute atomic E-state index is 0.411. The van der Waals surface area contributed by atoms with Gasteiger partial charge in [0.2, 0.25) is 11.9 Å². The molecule has 26 heavy (non-hydrogen) atoms. The van der Waals surface area contributed by atoms with E-state index in [2.05, 4.69) is 14.8 Å². The molecule has 2 aliphatic rings. The molecule has 8 heteroatoms. The highest BCUT2D eigenvalue weighted by atomic mass is 35.5. The van der Waals surface area contributed by atoms with E-state index in [-0.39, 0.29) is 0 Å². The molecule has 4 rings (SSSR count). The lowest BCUT2D eigenvalue weighted by Gasteiger charge is -2.28. The molecule has 4 heterocycles. The lowest BCUT2D eigenvalue weighted by molar-refractivity contribution is 0.122. The second-order valence-electron chi connectivity index (χ2n) is 6.60. The molecule has 2 aliphatic heterocycles. The minimum atomic E-state index is 0.411. The maximum atomic E-state index is 6.30. The van der Waals surface area contributed by atoms with Crippen LogP contribution in [-0.2, 0) is 4.74 Å². The molecule has 0 spiro atoms.